The van der Waals surface area contributed by atoms with E-state index >= 15 is 0 Å². The molecule has 226 valence electrons. The fourth-order valence-electron chi connectivity index (χ4n) is 6.99. The van der Waals surface area contributed by atoms with Crippen molar-refractivity contribution >= 4 is 49.8 Å². The van der Waals surface area contributed by atoms with Crippen LogP contribution in [0.3, 0.4) is 0 Å². The van der Waals surface area contributed by atoms with E-state index in [1.165, 1.54) is 21.9 Å². The summed E-state index contributed by atoms with van der Waals surface area (Å²) in [5.41, 5.74) is 12.0. The van der Waals surface area contributed by atoms with E-state index in [0.29, 0.717) is 0 Å². The van der Waals surface area contributed by atoms with Crippen LogP contribution in [0.25, 0.3) is 66.1 Å². The number of nitrogens with zero attached hydrogens (tertiary/aromatic N) is 1. The molecule has 48 heavy (non-hydrogen) atoms. The first-order chi connectivity index (χ1) is 23.8. The van der Waals surface area contributed by atoms with Crippen LogP contribution in [0.4, 0.5) is 17.1 Å². The summed E-state index contributed by atoms with van der Waals surface area (Å²) in [5, 5.41) is 4.66. The van der Waals surface area contributed by atoms with Gasteiger partial charge in [0.25, 0.3) is 0 Å². The van der Waals surface area contributed by atoms with E-state index in [4.69, 9.17) is 4.42 Å². The maximum absolute atomic E-state index is 6.53. The molecule has 1 aromatic heterocycles. The van der Waals surface area contributed by atoms with E-state index in [-0.39, 0.29) is 0 Å². The van der Waals surface area contributed by atoms with E-state index in [0.717, 1.165) is 61.3 Å². The van der Waals surface area contributed by atoms with Crippen LogP contribution in [-0.2, 0) is 0 Å². The molecule has 0 saturated heterocycles. The van der Waals surface area contributed by atoms with Gasteiger partial charge in [-0.2, -0.15) is 0 Å². The predicted molar refractivity (Wildman–Crippen MR) is 202 cm³/mol. The third kappa shape index (κ3) is 4.83. The number of benzene rings is 8. The van der Waals surface area contributed by atoms with Crippen LogP contribution in [0.1, 0.15) is 0 Å². The van der Waals surface area contributed by atoms with Gasteiger partial charge in [0.15, 0.2) is 0 Å². The molecule has 0 amide bonds. The highest BCUT2D eigenvalue weighted by Gasteiger charge is 2.20. The van der Waals surface area contributed by atoms with Crippen molar-refractivity contribution in [1.29, 1.82) is 0 Å². The molecule has 0 spiro atoms. The Kier molecular flexibility index (Phi) is 6.84. The van der Waals surface area contributed by atoms with Crippen molar-refractivity contribution in [3.63, 3.8) is 0 Å². The highest BCUT2D eigenvalue weighted by molar-refractivity contribution is 6.11. The smallest absolute Gasteiger partial charge is 0.143 e. The normalized spacial score (nSPS) is 11.3. The quantitative estimate of drug-likeness (QED) is 0.185. The van der Waals surface area contributed by atoms with Crippen molar-refractivity contribution < 1.29 is 4.42 Å². The molecule has 0 unspecified atom stereocenters. The minimum atomic E-state index is 0.902. The van der Waals surface area contributed by atoms with Crippen molar-refractivity contribution in [2.45, 2.75) is 0 Å². The second-order valence-corrected chi connectivity index (χ2v) is 12.1. The Hall–Kier alpha value is -6.38. The van der Waals surface area contributed by atoms with Gasteiger partial charge < -0.3 is 9.32 Å². The summed E-state index contributed by atoms with van der Waals surface area (Å²) in [6.07, 6.45) is 0. The van der Waals surface area contributed by atoms with Gasteiger partial charge in [0, 0.05) is 33.1 Å². The molecule has 0 aliphatic heterocycles. The summed E-state index contributed by atoms with van der Waals surface area (Å²) in [4.78, 5) is 2.38. The fraction of sp³-hybridized carbons (Fsp3) is 0. The molecule has 2 nitrogen and oxygen atoms in total. The number of hydrogen-bond donors (Lipinski definition) is 0. The third-order valence-corrected chi connectivity index (χ3v) is 9.28. The van der Waals surface area contributed by atoms with Gasteiger partial charge in [-0.1, -0.05) is 152 Å². The molecule has 0 aliphatic rings. The fourth-order valence-corrected chi connectivity index (χ4v) is 6.99. The molecule has 9 aromatic rings. The standard InChI is InChI=1S/C46H31NO/c1-3-13-32(14-4-1)33-25-27-36(28-26-33)47(44-23-11-18-34-17-7-8-19-38(34)44)37-29-30-39(43(31-37)35-15-5-2-6-16-35)41-21-12-22-42-40-20-9-10-24-45(40)48-46(41)42/h1-31H. The van der Waals surface area contributed by atoms with Crippen LogP contribution in [0.15, 0.2) is 192 Å². The van der Waals surface area contributed by atoms with Gasteiger partial charge in [0.05, 0.1) is 5.69 Å². The molecule has 8 aromatic carbocycles. The van der Waals surface area contributed by atoms with Gasteiger partial charge in [0.1, 0.15) is 11.2 Å². The molecule has 0 radical (unpaired) electrons. The van der Waals surface area contributed by atoms with Crippen LogP contribution in [0, 0.1) is 0 Å². The molecule has 0 N–H and O–H groups in total. The Morgan fingerprint density at radius 2 is 0.958 bits per heavy atom. The summed E-state index contributed by atoms with van der Waals surface area (Å²) in [5.74, 6) is 0. The molecule has 0 atom stereocenters. The maximum Gasteiger partial charge on any atom is 0.143 e. The predicted octanol–water partition coefficient (Wildman–Crippen LogP) is 13.2. The van der Waals surface area contributed by atoms with Gasteiger partial charge >= 0.3 is 0 Å². The van der Waals surface area contributed by atoms with Crippen LogP contribution < -0.4 is 4.90 Å². The average molecular weight is 614 g/mol. The van der Waals surface area contributed by atoms with Crippen LogP contribution >= 0.6 is 0 Å². The second kappa shape index (κ2) is 11.8. The van der Waals surface area contributed by atoms with Gasteiger partial charge in [-0.15, -0.1) is 0 Å². The zero-order valence-corrected chi connectivity index (χ0v) is 26.3. The summed E-state index contributed by atoms with van der Waals surface area (Å²) in [6.45, 7) is 0. The lowest BCUT2D eigenvalue weighted by Gasteiger charge is -2.28. The molecular weight excluding hydrogens is 583 g/mol. The van der Waals surface area contributed by atoms with Crippen molar-refractivity contribution in [2.24, 2.45) is 0 Å². The molecular formula is C46H31NO. The van der Waals surface area contributed by atoms with E-state index in [1.807, 2.05) is 12.1 Å². The van der Waals surface area contributed by atoms with Crippen molar-refractivity contribution in [2.75, 3.05) is 4.90 Å². The lowest BCUT2D eigenvalue weighted by atomic mass is 9.92. The monoisotopic (exact) mass is 613 g/mol. The van der Waals surface area contributed by atoms with Gasteiger partial charge in [-0.05, 0) is 69.6 Å². The number of rotatable bonds is 6. The highest BCUT2D eigenvalue weighted by Crippen LogP contribution is 2.45. The Labute approximate surface area is 279 Å². The third-order valence-electron chi connectivity index (χ3n) is 9.28. The van der Waals surface area contributed by atoms with E-state index in [2.05, 4.69) is 181 Å². The lowest BCUT2D eigenvalue weighted by Crippen LogP contribution is -2.11. The molecule has 9 rings (SSSR count). The zero-order valence-electron chi connectivity index (χ0n) is 26.3. The van der Waals surface area contributed by atoms with Gasteiger partial charge in [-0.3, -0.25) is 0 Å². The Morgan fingerprint density at radius 1 is 0.354 bits per heavy atom. The maximum atomic E-state index is 6.53. The van der Waals surface area contributed by atoms with Gasteiger partial charge in [0.2, 0.25) is 0 Å². The topological polar surface area (TPSA) is 16.4 Å². The van der Waals surface area contributed by atoms with Crippen LogP contribution in [0.2, 0.25) is 0 Å². The average Bonchev–Trinajstić information content (AvgIpc) is 3.55. The molecule has 0 aliphatic carbocycles. The summed E-state index contributed by atoms with van der Waals surface area (Å²) < 4.78 is 6.53. The van der Waals surface area contributed by atoms with E-state index < -0.39 is 0 Å². The Balaban J connectivity index is 1.27. The number of hydrogen-bond acceptors (Lipinski definition) is 2. The number of furan rings is 1. The summed E-state index contributed by atoms with van der Waals surface area (Å²) >= 11 is 0. The van der Waals surface area contributed by atoms with E-state index in [1.54, 1.807) is 0 Å². The number of fused-ring (bicyclic) bond motifs is 4. The highest BCUT2D eigenvalue weighted by atomic mass is 16.3. The largest absolute Gasteiger partial charge is 0.455 e. The first-order valence-corrected chi connectivity index (χ1v) is 16.4. The SMILES string of the molecule is c1ccc(-c2ccc(N(c3ccc(-c4cccc5c4oc4ccccc45)c(-c4ccccc4)c3)c3cccc4ccccc34)cc2)cc1. The van der Waals surface area contributed by atoms with Crippen molar-refractivity contribution in [3.05, 3.63) is 188 Å². The lowest BCUT2D eigenvalue weighted by molar-refractivity contribution is 0.670. The Morgan fingerprint density at radius 3 is 1.77 bits per heavy atom. The van der Waals surface area contributed by atoms with Crippen molar-refractivity contribution in [3.8, 4) is 33.4 Å². The summed E-state index contributed by atoms with van der Waals surface area (Å²) in [6, 6.07) is 66.9. The molecule has 0 bridgehead atoms. The zero-order chi connectivity index (χ0) is 31.9. The van der Waals surface area contributed by atoms with Crippen LogP contribution in [-0.4, -0.2) is 0 Å². The second-order valence-electron chi connectivity index (χ2n) is 12.1. The first kappa shape index (κ1) is 27.9. The Bertz CT molecular complexity index is 2540. The summed E-state index contributed by atoms with van der Waals surface area (Å²) in [7, 11) is 0. The molecule has 0 fully saturated rings. The minimum absolute atomic E-state index is 0.902. The van der Waals surface area contributed by atoms with Crippen LogP contribution in [0.5, 0.6) is 0 Å². The number of anilines is 3. The number of para-hydroxylation sites is 2. The van der Waals surface area contributed by atoms with E-state index in [9.17, 15) is 0 Å². The molecule has 2 heteroatoms. The first-order valence-electron chi connectivity index (χ1n) is 16.4. The minimum Gasteiger partial charge on any atom is -0.455 e. The van der Waals surface area contributed by atoms with Gasteiger partial charge in [-0.25, -0.2) is 0 Å². The molecule has 0 saturated carbocycles. The van der Waals surface area contributed by atoms with Crippen molar-refractivity contribution in [1.82, 2.24) is 0 Å². The molecule has 1 heterocycles.